The molecule has 2 N–H and O–H groups in total. The molecule has 1 aromatic carbocycles. The average molecular weight is 172 g/mol. The number of aromatic amines is 1. The molecule has 2 heterocycles. The summed E-state index contributed by atoms with van der Waals surface area (Å²) in [4.78, 5) is 14.5. The lowest BCUT2D eigenvalue weighted by Crippen LogP contribution is -2.26. The molecular formula is C10H8N2O. The topological polar surface area (TPSA) is 44.9 Å². The van der Waals surface area contributed by atoms with E-state index in [9.17, 15) is 4.79 Å². The van der Waals surface area contributed by atoms with Gasteiger partial charge in [0.1, 0.15) is 0 Å². The molecule has 1 amide bonds. The van der Waals surface area contributed by atoms with E-state index in [1.807, 2.05) is 18.2 Å². The van der Waals surface area contributed by atoms with Gasteiger partial charge in [-0.05, 0) is 11.6 Å². The van der Waals surface area contributed by atoms with Crippen LogP contribution in [-0.2, 0) is 6.54 Å². The van der Waals surface area contributed by atoms with Crippen molar-refractivity contribution in [2.75, 3.05) is 0 Å². The van der Waals surface area contributed by atoms with E-state index in [4.69, 9.17) is 0 Å². The van der Waals surface area contributed by atoms with Crippen LogP contribution in [0.25, 0.3) is 10.9 Å². The highest BCUT2D eigenvalue weighted by Gasteiger charge is 2.18. The lowest BCUT2D eigenvalue weighted by Gasteiger charge is -2.12. The SMILES string of the molecule is O=C1NCc2cccc3[nH]cc1c23. The zero-order valence-electron chi connectivity index (χ0n) is 6.92. The monoisotopic (exact) mass is 172 g/mol. The first-order chi connectivity index (χ1) is 6.36. The predicted octanol–water partition coefficient (Wildman–Crippen LogP) is 1.41. The van der Waals surface area contributed by atoms with E-state index < -0.39 is 0 Å². The van der Waals surface area contributed by atoms with E-state index in [0.717, 1.165) is 16.5 Å². The van der Waals surface area contributed by atoms with E-state index in [2.05, 4.69) is 10.3 Å². The molecule has 0 unspecified atom stereocenters. The molecule has 13 heavy (non-hydrogen) atoms. The summed E-state index contributed by atoms with van der Waals surface area (Å²) in [5.74, 6) is 0.0185. The molecule has 0 radical (unpaired) electrons. The number of rotatable bonds is 0. The number of aromatic nitrogens is 1. The maximum Gasteiger partial charge on any atom is 0.253 e. The predicted molar refractivity (Wildman–Crippen MR) is 49.5 cm³/mol. The van der Waals surface area contributed by atoms with Crippen LogP contribution in [0.15, 0.2) is 24.4 Å². The average Bonchev–Trinajstić information content (AvgIpc) is 2.57. The Hall–Kier alpha value is -1.77. The van der Waals surface area contributed by atoms with Crippen molar-refractivity contribution in [3.8, 4) is 0 Å². The van der Waals surface area contributed by atoms with Gasteiger partial charge in [-0.1, -0.05) is 12.1 Å². The summed E-state index contributed by atoms with van der Waals surface area (Å²) in [6.45, 7) is 0.640. The van der Waals surface area contributed by atoms with E-state index in [0.29, 0.717) is 6.54 Å². The number of carbonyl (C=O) groups excluding carboxylic acids is 1. The Morgan fingerprint density at radius 3 is 3.15 bits per heavy atom. The Balaban J connectivity index is 2.51. The standard InChI is InChI=1S/C10H8N2O/c13-10-7-5-11-8-3-1-2-6(4-12-10)9(7)8/h1-3,5,11H,4H2,(H,12,13). The minimum Gasteiger partial charge on any atom is -0.360 e. The molecular weight excluding hydrogens is 164 g/mol. The Bertz CT molecular complexity index is 499. The fraction of sp³-hybridized carbons (Fsp3) is 0.100. The first kappa shape index (κ1) is 6.71. The number of hydrogen-bond acceptors (Lipinski definition) is 1. The minimum absolute atomic E-state index is 0.0185. The largest absolute Gasteiger partial charge is 0.360 e. The normalized spacial score (nSPS) is 14.6. The number of benzene rings is 1. The third-order valence-corrected chi connectivity index (χ3v) is 2.48. The highest BCUT2D eigenvalue weighted by molar-refractivity contribution is 6.09. The van der Waals surface area contributed by atoms with Crippen LogP contribution in [0, 0.1) is 0 Å². The summed E-state index contributed by atoms with van der Waals surface area (Å²) in [7, 11) is 0. The van der Waals surface area contributed by atoms with E-state index in [-0.39, 0.29) is 5.91 Å². The smallest absolute Gasteiger partial charge is 0.253 e. The number of nitrogens with one attached hydrogen (secondary N) is 2. The fourth-order valence-electron chi connectivity index (χ4n) is 1.86. The second-order valence-electron chi connectivity index (χ2n) is 3.22. The van der Waals surface area contributed by atoms with Gasteiger partial charge in [0, 0.05) is 23.6 Å². The molecule has 2 aromatic rings. The van der Waals surface area contributed by atoms with Crippen LogP contribution in [0.2, 0.25) is 0 Å². The summed E-state index contributed by atoms with van der Waals surface area (Å²) in [6.07, 6.45) is 1.77. The summed E-state index contributed by atoms with van der Waals surface area (Å²) >= 11 is 0. The zero-order chi connectivity index (χ0) is 8.84. The van der Waals surface area contributed by atoms with Crippen molar-refractivity contribution in [1.29, 1.82) is 0 Å². The number of amides is 1. The van der Waals surface area contributed by atoms with Crippen molar-refractivity contribution < 1.29 is 4.79 Å². The van der Waals surface area contributed by atoms with Gasteiger partial charge in [-0.25, -0.2) is 0 Å². The summed E-state index contributed by atoms with van der Waals surface area (Å²) in [5, 5.41) is 3.90. The number of H-pyrrole nitrogens is 1. The molecule has 1 aliphatic heterocycles. The van der Waals surface area contributed by atoms with Gasteiger partial charge < -0.3 is 10.3 Å². The number of hydrogen-bond donors (Lipinski definition) is 2. The molecule has 3 nitrogen and oxygen atoms in total. The zero-order valence-corrected chi connectivity index (χ0v) is 6.92. The second-order valence-corrected chi connectivity index (χ2v) is 3.22. The van der Waals surface area contributed by atoms with Gasteiger partial charge >= 0.3 is 0 Å². The fourth-order valence-corrected chi connectivity index (χ4v) is 1.86. The molecule has 64 valence electrons. The van der Waals surface area contributed by atoms with Crippen molar-refractivity contribution in [3.05, 3.63) is 35.5 Å². The van der Waals surface area contributed by atoms with Gasteiger partial charge in [0.05, 0.1) is 5.56 Å². The Labute approximate surface area is 74.8 Å². The molecule has 0 fully saturated rings. The molecule has 0 bridgehead atoms. The van der Waals surface area contributed by atoms with Gasteiger partial charge in [-0.3, -0.25) is 4.79 Å². The van der Waals surface area contributed by atoms with Gasteiger partial charge in [0.25, 0.3) is 5.91 Å². The van der Waals surface area contributed by atoms with Gasteiger partial charge in [0.15, 0.2) is 0 Å². The van der Waals surface area contributed by atoms with Crippen molar-refractivity contribution in [1.82, 2.24) is 10.3 Å². The van der Waals surface area contributed by atoms with Crippen LogP contribution < -0.4 is 5.32 Å². The van der Waals surface area contributed by atoms with Gasteiger partial charge in [0.2, 0.25) is 0 Å². The molecule has 1 aromatic heterocycles. The van der Waals surface area contributed by atoms with Crippen LogP contribution >= 0.6 is 0 Å². The van der Waals surface area contributed by atoms with Gasteiger partial charge in [-0.15, -0.1) is 0 Å². The van der Waals surface area contributed by atoms with Crippen molar-refractivity contribution in [2.45, 2.75) is 6.54 Å². The molecule has 0 atom stereocenters. The highest BCUT2D eigenvalue weighted by atomic mass is 16.1. The molecule has 1 aliphatic rings. The maximum atomic E-state index is 11.4. The van der Waals surface area contributed by atoms with Gasteiger partial charge in [-0.2, -0.15) is 0 Å². The molecule has 3 heteroatoms. The van der Waals surface area contributed by atoms with Crippen LogP contribution in [0.1, 0.15) is 15.9 Å². The van der Waals surface area contributed by atoms with Crippen molar-refractivity contribution in [3.63, 3.8) is 0 Å². The molecule has 0 spiro atoms. The summed E-state index contributed by atoms with van der Waals surface area (Å²) in [5.41, 5.74) is 2.99. The molecule has 0 saturated heterocycles. The molecule has 0 aliphatic carbocycles. The van der Waals surface area contributed by atoms with Crippen LogP contribution in [0.3, 0.4) is 0 Å². The van der Waals surface area contributed by atoms with E-state index in [1.165, 1.54) is 5.56 Å². The quantitative estimate of drug-likeness (QED) is 0.620. The summed E-state index contributed by atoms with van der Waals surface area (Å²) in [6, 6.07) is 6.02. The van der Waals surface area contributed by atoms with Crippen molar-refractivity contribution in [2.24, 2.45) is 0 Å². The lowest BCUT2D eigenvalue weighted by atomic mass is 10.0. The first-order valence-electron chi connectivity index (χ1n) is 4.23. The second kappa shape index (κ2) is 2.13. The first-order valence-corrected chi connectivity index (χ1v) is 4.23. The molecule has 3 rings (SSSR count). The Morgan fingerprint density at radius 1 is 1.31 bits per heavy atom. The van der Waals surface area contributed by atoms with Crippen LogP contribution in [0.5, 0.6) is 0 Å². The number of carbonyl (C=O) groups is 1. The minimum atomic E-state index is 0.0185. The Kier molecular flexibility index (Phi) is 1.10. The van der Waals surface area contributed by atoms with Crippen molar-refractivity contribution >= 4 is 16.8 Å². The maximum absolute atomic E-state index is 11.4. The summed E-state index contributed by atoms with van der Waals surface area (Å²) < 4.78 is 0. The van der Waals surface area contributed by atoms with E-state index >= 15 is 0 Å². The third-order valence-electron chi connectivity index (χ3n) is 2.48. The van der Waals surface area contributed by atoms with Crippen LogP contribution in [0.4, 0.5) is 0 Å². The lowest BCUT2D eigenvalue weighted by molar-refractivity contribution is 0.0949. The Morgan fingerprint density at radius 2 is 2.23 bits per heavy atom. The highest BCUT2D eigenvalue weighted by Crippen LogP contribution is 2.25. The van der Waals surface area contributed by atoms with Crippen LogP contribution in [-0.4, -0.2) is 10.9 Å². The molecule has 0 saturated carbocycles. The van der Waals surface area contributed by atoms with E-state index in [1.54, 1.807) is 6.20 Å². The third kappa shape index (κ3) is 0.758.